The summed E-state index contributed by atoms with van der Waals surface area (Å²) in [4.78, 5) is 12.1. The summed E-state index contributed by atoms with van der Waals surface area (Å²) < 4.78 is 1.00. The normalized spacial score (nSPS) is 10.3. The first-order valence-electron chi connectivity index (χ1n) is 5.98. The van der Waals surface area contributed by atoms with Gasteiger partial charge < -0.3 is 15.5 Å². The van der Waals surface area contributed by atoms with Gasteiger partial charge in [0.1, 0.15) is 11.5 Å². The van der Waals surface area contributed by atoms with E-state index in [1.807, 2.05) is 26.0 Å². The van der Waals surface area contributed by atoms with Crippen molar-refractivity contribution in [3.63, 3.8) is 0 Å². The summed E-state index contributed by atoms with van der Waals surface area (Å²) in [6.07, 6.45) is 0. The van der Waals surface area contributed by atoms with Gasteiger partial charge in [0.05, 0.1) is 5.56 Å². The predicted molar refractivity (Wildman–Crippen MR) is 81.3 cm³/mol. The molecule has 0 unspecified atom stereocenters. The van der Waals surface area contributed by atoms with Crippen molar-refractivity contribution in [3.05, 3.63) is 51.5 Å². The lowest BCUT2D eigenvalue weighted by Gasteiger charge is -2.10. The molecule has 0 aliphatic rings. The van der Waals surface area contributed by atoms with Crippen LogP contribution in [0, 0.1) is 13.8 Å². The van der Waals surface area contributed by atoms with Gasteiger partial charge in [-0.15, -0.1) is 0 Å². The van der Waals surface area contributed by atoms with Gasteiger partial charge in [0.2, 0.25) is 0 Å². The number of carbonyl (C=O) groups is 1. The van der Waals surface area contributed by atoms with E-state index in [0.717, 1.165) is 21.7 Å². The smallest absolute Gasteiger partial charge is 0.259 e. The van der Waals surface area contributed by atoms with Crippen molar-refractivity contribution < 1.29 is 15.0 Å². The van der Waals surface area contributed by atoms with Crippen molar-refractivity contribution in [2.75, 3.05) is 5.32 Å². The van der Waals surface area contributed by atoms with Crippen LogP contribution in [0.3, 0.4) is 0 Å². The Kier molecular flexibility index (Phi) is 3.99. The van der Waals surface area contributed by atoms with E-state index in [9.17, 15) is 15.0 Å². The Morgan fingerprint density at radius 1 is 1.10 bits per heavy atom. The zero-order chi connectivity index (χ0) is 14.9. The van der Waals surface area contributed by atoms with Crippen LogP contribution in [-0.2, 0) is 0 Å². The maximum atomic E-state index is 12.1. The van der Waals surface area contributed by atoms with E-state index >= 15 is 0 Å². The molecule has 4 nitrogen and oxygen atoms in total. The molecule has 0 atom stereocenters. The molecule has 0 radical (unpaired) electrons. The predicted octanol–water partition coefficient (Wildman–Crippen LogP) is 3.73. The molecular weight excluding hydrogens is 322 g/mol. The number of nitrogens with one attached hydrogen (secondary N) is 1. The van der Waals surface area contributed by atoms with Crippen LogP contribution in [0.25, 0.3) is 0 Å². The van der Waals surface area contributed by atoms with Crippen molar-refractivity contribution in [1.29, 1.82) is 0 Å². The summed E-state index contributed by atoms with van der Waals surface area (Å²) in [6, 6.07) is 7.54. The van der Waals surface area contributed by atoms with Crippen LogP contribution in [0.2, 0.25) is 0 Å². The SMILES string of the molecule is Cc1cc(NC(=O)c2ccc(O)cc2O)cc(C)c1Br. The Bertz CT molecular complexity index is 660. The number of hydrogen-bond acceptors (Lipinski definition) is 3. The first kappa shape index (κ1) is 14.4. The van der Waals surface area contributed by atoms with Crippen molar-refractivity contribution in [2.45, 2.75) is 13.8 Å². The van der Waals surface area contributed by atoms with E-state index in [1.54, 1.807) is 0 Å². The fraction of sp³-hybridized carbons (Fsp3) is 0.133. The van der Waals surface area contributed by atoms with Gasteiger partial charge in [-0.3, -0.25) is 4.79 Å². The Labute approximate surface area is 125 Å². The summed E-state index contributed by atoms with van der Waals surface area (Å²) in [6.45, 7) is 3.87. The first-order chi connectivity index (χ1) is 9.38. The van der Waals surface area contributed by atoms with Gasteiger partial charge in [-0.25, -0.2) is 0 Å². The number of benzene rings is 2. The number of hydrogen-bond donors (Lipinski definition) is 3. The molecule has 104 valence electrons. The molecule has 0 aliphatic heterocycles. The highest BCUT2D eigenvalue weighted by atomic mass is 79.9. The topological polar surface area (TPSA) is 69.6 Å². The van der Waals surface area contributed by atoms with Crippen molar-refractivity contribution in [1.82, 2.24) is 0 Å². The fourth-order valence-electron chi connectivity index (χ4n) is 1.93. The molecular formula is C15H14BrNO3. The molecule has 0 saturated heterocycles. The third-order valence-electron chi connectivity index (χ3n) is 2.92. The van der Waals surface area contributed by atoms with Crippen LogP contribution in [-0.4, -0.2) is 16.1 Å². The molecule has 0 aliphatic carbocycles. The molecule has 0 heterocycles. The zero-order valence-corrected chi connectivity index (χ0v) is 12.7. The molecule has 0 spiro atoms. The highest BCUT2D eigenvalue weighted by Gasteiger charge is 2.12. The summed E-state index contributed by atoms with van der Waals surface area (Å²) in [7, 11) is 0. The average molecular weight is 336 g/mol. The Balaban J connectivity index is 2.28. The van der Waals surface area contributed by atoms with E-state index in [4.69, 9.17) is 0 Å². The molecule has 0 aromatic heterocycles. The lowest BCUT2D eigenvalue weighted by atomic mass is 10.1. The van der Waals surface area contributed by atoms with Crippen LogP contribution in [0.1, 0.15) is 21.5 Å². The molecule has 0 bridgehead atoms. The maximum absolute atomic E-state index is 12.1. The number of rotatable bonds is 2. The zero-order valence-electron chi connectivity index (χ0n) is 11.1. The minimum absolute atomic E-state index is 0.0885. The average Bonchev–Trinajstić information content (AvgIpc) is 2.35. The monoisotopic (exact) mass is 335 g/mol. The van der Waals surface area contributed by atoms with Gasteiger partial charge in [-0.2, -0.15) is 0 Å². The van der Waals surface area contributed by atoms with Crippen LogP contribution in [0.5, 0.6) is 11.5 Å². The van der Waals surface area contributed by atoms with E-state index in [0.29, 0.717) is 5.69 Å². The number of carbonyl (C=O) groups excluding carboxylic acids is 1. The largest absolute Gasteiger partial charge is 0.508 e. The van der Waals surface area contributed by atoms with Crippen LogP contribution >= 0.6 is 15.9 Å². The second-order valence-corrected chi connectivity index (χ2v) is 5.37. The first-order valence-corrected chi connectivity index (χ1v) is 6.78. The van der Waals surface area contributed by atoms with Crippen molar-refractivity contribution in [2.24, 2.45) is 0 Å². The van der Waals surface area contributed by atoms with Gasteiger partial charge >= 0.3 is 0 Å². The van der Waals surface area contributed by atoms with Crippen LogP contribution < -0.4 is 5.32 Å². The lowest BCUT2D eigenvalue weighted by molar-refractivity contribution is 0.102. The molecule has 20 heavy (non-hydrogen) atoms. The molecule has 2 aromatic rings. The third kappa shape index (κ3) is 2.93. The summed E-state index contributed by atoms with van der Waals surface area (Å²) in [5.41, 5.74) is 2.78. The molecule has 2 aromatic carbocycles. The lowest BCUT2D eigenvalue weighted by Crippen LogP contribution is -2.12. The summed E-state index contributed by atoms with van der Waals surface area (Å²) in [5, 5.41) is 21.6. The minimum Gasteiger partial charge on any atom is -0.508 e. The number of phenolic OH excluding ortho intramolecular Hbond substituents is 2. The highest BCUT2D eigenvalue weighted by molar-refractivity contribution is 9.10. The van der Waals surface area contributed by atoms with Gasteiger partial charge in [0, 0.05) is 16.2 Å². The number of anilines is 1. The quantitative estimate of drug-likeness (QED) is 0.783. The standard InChI is InChI=1S/C15H14BrNO3/c1-8-5-10(6-9(2)14(8)16)17-15(20)12-4-3-11(18)7-13(12)19/h3-7,18-19H,1-2H3,(H,17,20). The maximum Gasteiger partial charge on any atom is 0.259 e. The van der Waals surface area contributed by atoms with E-state index < -0.39 is 5.91 Å². The van der Waals surface area contributed by atoms with E-state index in [1.165, 1.54) is 12.1 Å². The van der Waals surface area contributed by atoms with E-state index in [-0.39, 0.29) is 17.1 Å². The van der Waals surface area contributed by atoms with Gasteiger partial charge in [0.25, 0.3) is 5.91 Å². The Hall–Kier alpha value is -2.01. The van der Waals surface area contributed by atoms with E-state index in [2.05, 4.69) is 21.2 Å². The van der Waals surface area contributed by atoms with Crippen molar-refractivity contribution in [3.8, 4) is 11.5 Å². The summed E-state index contributed by atoms with van der Waals surface area (Å²) >= 11 is 3.46. The molecule has 0 fully saturated rings. The fourth-order valence-corrected chi connectivity index (χ4v) is 2.16. The summed E-state index contributed by atoms with van der Waals surface area (Å²) in [5.74, 6) is -0.772. The highest BCUT2D eigenvalue weighted by Crippen LogP contribution is 2.27. The van der Waals surface area contributed by atoms with Gasteiger partial charge in [-0.05, 0) is 49.2 Å². The number of halogens is 1. The number of phenols is 2. The number of aromatic hydroxyl groups is 2. The molecule has 5 heteroatoms. The Morgan fingerprint density at radius 3 is 2.25 bits per heavy atom. The minimum atomic E-state index is -0.427. The van der Waals surface area contributed by atoms with Gasteiger partial charge in [-0.1, -0.05) is 15.9 Å². The van der Waals surface area contributed by atoms with Crippen LogP contribution in [0.15, 0.2) is 34.8 Å². The second kappa shape index (κ2) is 5.54. The number of aryl methyl sites for hydroxylation is 2. The number of amides is 1. The third-order valence-corrected chi connectivity index (χ3v) is 4.17. The molecule has 3 N–H and O–H groups in total. The van der Waals surface area contributed by atoms with Crippen molar-refractivity contribution >= 4 is 27.5 Å². The van der Waals surface area contributed by atoms with Crippen LogP contribution in [0.4, 0.5) is 5.69 Å². The second-order valence-electron chi connectivity index (χ2n) is 4.58. The Morgan fingerprint density at radius 2 is 1.70 bits per heavy atom. The molecule has 1 amide bonds. The van der Waals surface area contributed by atoms with Gasteiger partial charge in [0.15, 0.2) is 0 Å². The molecule has 0 saturated carbocycles. The molecule has 2 rings (SSSR count).